The maximum absolute atomic E-state index is 12.2. The van der Waals surface area contributed by atoms with Crippen LogP contribution in [0.2, 0.25) is 10.0 Å². The average molecular weight is 352 g/mol. The number of carbonyl (C=O) groups is 1. The minimum absolute atomic E-state index is 0. The van der Waals surface area contributed by atoms with Crippen LogP contribution < -0.4 is 10.6 Å². The standard InChI is InChI=1S/C15H20Cl2N2O.ClH/c1-15(2)6-3-7-18-13(15)9-19-14(20)11-5-4-10(16)8-12(11)17;/h4-5,8,13,18H,3,6-7,9H2,1-2H3,(H,19,20);1H. The second-order valence-electron chi connectivity index (χ2n) is 5.93. The van der Waals surface area contributed by atoms with E-state index in [0.29, 0.717) is 22.2 Å². The lowest BCUT2D eigenvalue weighted by Crippen LogP contribution is -2.52. The highest BCUT2D eigenvalue weighted by atomic mass is 35.5. The van der Waals surface area contributed by atoms with Gasteiger partial charge in [-0.2, -0.15) is 0 Å². The van der Waals surface area contributed by atoms with E-state index in [1.165, 1.54) is 12.8 Å². The summed E-state index contributed by atoms with van der Waals surface area (Å²) in [5, 5.41) is 7.34. The largest absolute Gasteiger partial charge is 0.350 e. The first-order valence-corrected chi connectivity index (χ1v) is 7.62. The van der Waals surface area contributed by atoms with Crippen LogP contribution >= 0.6 is 35.6 Å². The van der Waals surface area contributed by atoms with Crippen molar-refractivity contribution in [3.63, 3.8) is 0 Å². The van der Waals surface area contributed by atoms with Crippen LogP contribution in [-0.2, 0) is 0 Å². The summed E-state index contributed by atoms with van der Waals surface area (Å²) >= 11 is 11.9. The molecule has 1 saturated heterocycles. The number of rotatable bonds is 3. The van der Waals surface area contributed by atoms with Gasteiger partial charge in [0, 0.05) is 17.6 Å². The molecule has 1 aliphatic heterocycles. The first kappa shape index (κ1) is 18.6. The Morgan fingerprint density at radius 2 is 2.14 bits per heavy atom. The number of benzene rings is 1. The Kier molecular flexibility index (Phi) is 6.79. The third-order valence-electron chi connectivity index (χ3n) is 3.97. The van der Waals surface area contributed by atoms with Gasteiger partial charge in [0.2, 0.25) is 0 Å². The molecule has 1 fully saturated rings. The zero-order chi connectivity index (χ0) is 14.8. The van der Waals surface area contributed by atoms with Gasteiger partial charge >= 0.3 is 0 Å². The summed E-state index contributed by atoms with van der Waals surface area (Å²) in [5.74, 6) is -0.158. The van der Waals surface area contributed by atoms with Crippen molar-refractivity contribution in [1.29, 1.82) is 0 Å². The maximum Gasteiger partial charge on any atom is 0.252 e. The fourth-order valence-electron chi connectivity index (χ4n) is 2.58. The number of amides is 1. The monoisotopic (exact) mass is 350 g/mol. The molecule has 118 valence electrons. The summed E-state index contributed by atoms with van der Waals surface area (Å²) in [4.78, 5) is 12.2. The number of carbonyl (C=O) groups excluding carboxylic acids is 1. The topological polar surface area (TPSA) is 41.1 Å². The molecule has 21 heavy (non-hydrogen) atoms. The summed E-state index contributed by atoms with van der Waals surface area (Å²) in [7, 11) is 0. The highest BCUT2D eigenvalue weighted by Crippen LogP contribution is 2.29. The van der Waals surface area contributed by atoms with Crippen LogP contribution in [0, 0.1) is 5.41 Å². The van der Waals surface area contributed by atoms with Gasteiger partial charge in [-0.3, -0.25) is 4.79 Å². The van der Waals surface area contributed by atoms with Gasteiger partial charge in [0.1, 0.15) is 0 Å². The summed E-state index contributed by atoms with van der Waals surface area (Å²) in [6.45, 7) is 6.06. The van der Waals surface area contributed by atoms with Crippen molar-refractivity contribution in [1.82, 2.24) is 10.6 Å². The number of halogens is 3. The maximum atomic E-state index is 12.2. The van der Waals surface area contributed by atoms with Crippen molar-refractivity contribution in [2.75, 3.05) is 13.1 Å². The molecule has 0 aliphatic carbocycles. The minimum Gasteiger partial charge on any atom is -0.350 e. The Morgan fingerprint density at radius 1 is 1.43 bits per heavy atom. The Labute approximate surface area is 142 Å². The normalized spacial score (nSPS) is 20.5. The quantitative estimate of drug-likeness (QED) is 0.866. The molecule has 3 nitrogen and oxygen atoms in total. The van der Waals surface area contributed by atoms with E-state index in [-0.39, 0.29) is 29.8 Å². The summed E-state index contributed by atoms with van der Waals surface area (Å²) in [5.41, 5.74) is 0.652. The number of hydrogen-bond acceptors (Lipinski definition) is 2. The molecule has 2 rings (SSSR count). The van der Waals surface area contributed by atoms with Crippen molar-refractivity contribution in [3.8, 4) is 0 Å². The molecule has 0 radical (unpaired) electrons. The fourth-order valence-corrected chi connectivity index (χ4v) is 3.08. The number of nitrogens with one attached hydrogen (secondary N) is 2. The van der Waals surface area contributed by atoms with Gasteiger partial charge in [0.25, 0.3) is 5.91 Å². The Balaban J connectivity index is 0.00000220. The molecule has 0 spiro atoms. The Hall–Kier alpha value is -0.480. The minimum atomic E-state index is -0.158. The molecule has 1 heterocycles. The van der Waals surface area contributed by atoms with Gasteiger partial charge in [0.15, 0.2) is 0 Å². The van der Waals surface area contributed by atoms with Gasteiger partial charge in [-0.25, -0.2) is 0 Å². The average Bonchev–Trinajstić information content (AvgIpc) is 2.36. The van der Waals surface area contributed by atoms with Gasteiger partial charge in [-0.05, 0) is 43.0 Å². The predicted octanol–water partition coefficient (Wildman–Crippen LogP) is 3.92. The van der Waals surface area contributed by atoms with Crippen LogP contribution in [-0.4, -0.2) is 25.0 Å². The van der Waals surface area contributed by atoms with Crippen LogP contribution in [0.4, 0.5) is 0 Å². The summed E-state index contributed by atoms with van der Waals surface area (Å²) in [6.07, 6.45) is 2.35. The highest BCUT2D eigenvalue weighted by molar-refractivity contribution is 6.36. The zero-order valence-electron chi connectivity index (χ0n) is 12.2. The van der Waals surface area contributed by atoms with Crippen molar-refractivity contribution in [3.05, 3.63) is 33.8 Å². The first-order valence-electron chi connectivity index (χ1n) is 6.87. The summed E-state index contributed by atoms with van der Waals surface area (Å²) in [6, 6.07) is 5.19. The van der Waals surface area contributed by atoms with E-state index < -0.39 is 0 Å². The van der Waals surface area contributed by atoms with Crippen LogP contribution in [0.3, 0.4) is 0 Å². The van der Waals surface area contributed by atoms with Gasteiger partial charge in [0.05, 0.1) is 10.6 Å². The first-order chi connectivity index (χ1) is 9.40. The molecule has 2 N–H and O–H groups in total. The molecule has 1 unspecified atom stereocenters. The fraction of sp³-hybridized carbons (Fsp3) is 0.533. The second-order valence-corrected chi connectivity index (χ2v) is 6.78. The molecule has 1 aliphatic rings. The molecule has 1 aromatic rings. The van der Waals surface area contributed by atoms with E-state index in [0.717, 1.165) is 6.54 Å². The lowest BCUT2D eigenvalue weighted by Gasteiger charge is -2.39. The smallest absolute Gasteiger partial charge is 0.252 e. The van der Waals surface area contributed by atoms with Crippen molar-refractivity contribution < 1.29 is 4.79 Å². The van der Waals surface area contributed by atoms with Crippen LogP contribution in [0.15, 0.2) is 18.2 Å². The number of hydrogen-bond donors (Lipinski definition) is 2. The van der Waals surface area contributed by atoms with Gasteiger partial charge in [-0.15, -0.1) is 12.4 Å². The third kappa shape index (κ3) is 4.75. The zero-order valence-corrected chi connectivity index (χ0v) is 14.5. The molecule has 0 aromatic heterocycles. The SMILES string of the molecule is CC1(C)CCCNC1CNC(=O)c1ccc(Cl)cc1Cl.Cl. The molecule has 1 atom stereocenters. The molecule has 1 aromatic carbocycles. The van der Waals surface area contributed by atoms with Gasteiger partial charge in [-0.1, -0.05) is 37.0 Å². The summed E-state index contributed by atoms with van der Waals surface area (Å²) < 4.78 is 0. The Morgan fingerprint density at radius 3 is 2.76 bits per heavy atom. The molecular formula is C15H21Cl3N2O. The predicted molar refractivity (Wildman–Crippen MR) is 90.8 cm³/mol. The van der Waals surface area contributed by atoms with Gasteiger partial charge < -0.3 is 10.6 Å². The Bertz CT molecular complexity index is 506. The lowest BCUT2D eigenvalue weighted by molar-refractivity contribution is 0.0929. The lowest BCUT2D eigenvalue weighted by atomic mass is 9.77. The molecule has 6 heteroatoms. The third-order valence-corrected chi connectivity index (χ3v) is 4.52. The van der Waals surface area contributed by atoms with Crippen molar-refractivity contribution >= 4 is 41.5 Å². The van der Waals surface area contributed by atoms with Crippen LogP contribution in [0.1, 0.15) is 37.0 Å². The van der Waals surface area contributed by atoms with E-state index >= 15 is 0 Å². The van der Waals surface area contributed by atoms with E-state index in [2.05, 4.69) is 24.5 Å². The number of piperidine rings is 1. The van der Waals surface area contributed by atoms with E-state index in [1.807, 2.05) is 0 Å². The molecular weight excluding hydrogens is 331 g/mol. The highest BCUT2D eigenvalue weighted by Gasteiger charge is 2.32. The molecule has 1 amide bonds. The van der Waals surface area contributed by atoms with E-state index in [1.54, 1.807) is 18.2 Å². The second kappa shape index (κ2) is 7.68. The van der Waals surface area contributed by atoms with E-state index in [4.69, 9.17) is 23.2 Å². The van der Waals surface area contributed by atoms with Crippen LogP contribution in [0.5, 0.6) is 0 Å². The molecule has 0 saturated carbocycles. The van der Waals surface area contributed by atoms with E-state index in [9.17, 15) is 4.79 Å². The molecule has 0 bridgehead atoms. The van der Waals surface area contributed by atoms with Crippen molar-refractivity contribution in [2.24, 2.45) is 5.41 Å². The van der Waals surface area contributed by atoms with Crippen molar-refractivity contribution in [2.45, 2.75) is 32.7 Å². The van der Waals surface area contributed by atoms with Crippen LogP contribution in [0.25, 0.3) is 0 Å².